The zero-order valence-corrected chi connectivity index (χ0v) is 15.4. The van der Waals surface area contributed by atoms with Crippen LogP contribution in [-0.2, 0) is 0 Å². The Balaban J connectivity index is 1.36. The standard InChI is InChI=1S/C19H27ClFN3O/c20-14-11-17(18(21)22-12-14)23-8-5-19(6-9-23)7-10-24(13-19)15-1-3-16(25)4-2-15/h11-12,15-16,25H,1-10,13H2. The van der Waals surface area contributed by atoms with Gasteiger partial charge in [0.15, 0.2) is 0 Å². The minimum absolute atomic E-state index is 0.0859. The molecule has 0 amide bonds. The van der Waals surface area contributed by atoms with Crippen LogP contribution in [0.4, 0.5) is 10.1 Å². The van der Waals surface area contributed by atoms with Crippen molar-refractivity contribution in [2.45, 2.75) is 57.1 Å². The average molecular weight is 368 g/mol. The monoisotopic (exact) mass is 367 g/mol. The Morgan fingerprint density at radius 1 is 1.12 bits per heavy atom. The Morgan fingerprint density at radius 3 is 2.52 bits per heavy atom. The Kier molecular flexibility index (Phi) is 4.91. The molecule has 6 heteroatoms. The number of aliphatic hydroxyl groups is 1. The molecule has 25 heavy (non-hydrogen) atoms. The lowest BCUT2D eigenvalue weighted by Crippen LogP contribution is -2.44. The maximum atomic E-state index is 14.0. The number of anilines is 1. The van der Waals surface area contributed by atoms with Gasteiger partial charge in [-0.25, -0.2) is 4.98 Å². The van der Waals surface area contributed by atoms with Crippen LogP contribution in [0.2, 0.25) is 5.02 Å². The number of hydrogen-bond donors (Lipinski definition) is 1. The summed E-state index contributed by atoms with van der Waals surface area (Å²) in [5.41, 5.74) is 0.924. The highest BCUT2D eigenvalue weighted by Crippen LogP contribution is 2.43. The van der Waals surface area contributed by atoms with Gasteiger partial charge in [-0.2, -0.15) is 4.39 Å². The largest absolute Gasteiger partial charge is 0.393 e. The smallest absolute Gasteiger partial charge is 0.236 e. The van der Waals surface area contributed by atoms with E-state index in [0.29, 0.717) is 22.2 Å². The molecule has 138 valence electrons. The van der Waals surface area contributed by atoms with Gasteiger partial charge < -0.3 is 10.0 Å². The Hall–Kier alpha value is -0.910. The van der Waals surface area contributed by atoms with Crippen molar-refractivity contribution in [3.8, 4) is 0 Å². The summed E-state index contributed by atoms with van der Waals surface area (Å²) in [7, 11) is 0. The molecule has 1 spiro atoms. The second-order valence-electron chi connectivity index (χ2n) is 8.13. The fourth-order valence-corrected chi connectivity index (χ4v) is 5.12. The quantitative estimate of drug-likeness (QED) is 0.812. The number of pyridine rings is 1. The highest BCUT2D eigenvalue weighted by molar-refractivity contribution is 6.30. The minimum Gasteiger partial charge on any atom is -0.393 e. The van der Waals surface area contributed by atoms with Gasteiger partial charge >= 0.3 is 0 Å². The Labute approximate surface area is 154 Å². The molecule has 0 radical (unpaired) electrons. The van der Waals surface area contributed by atoms with Crippen molar-refractivity contribution < 1.29 is 9.50 Å². The highest BCUT2D eigenvalue weighted by atomic mass is 35.5. The van der Waals surface area contributed by atoms with Crippen LogP contribution in [0.25, 0.3) is 0 Å². The number of aliphatic hydroxyl groups excluding tert-OH is 1. The first-order chi connectivity index (χ1) is 12.0. The third-order valence-corrected chi connectivity index (χ3v) is 6.81. The van der Waals surface area contributed by atoms with Crippen molar-refractivity contribution in [1.82, 2.24) is 9.88 Å². The lowest BCUT2D eigenvalue weighted by atomic mass is 9.77. The number of likely N-dealkylation sites (tertiary alicyclic amines) is 1. The number of nitrogens with zero attached hydrogens (tertiary/aromatic N) is 3. The molecule has 3 heterocycles. The third-order valence-electron chi connectivity index (χ3n) is 6.60. The molecule has 1 aromatic rings. The Bertz CT molecular complexity index is 613. The van der Waals surface area contributed by atoms with Gasteiger partial charge in [0.1, 0.15) is 0 Å². The van der Waals surface area contributed by atoms with E-state index >= 15 is 0 Å². The summed E-state index contributed by atoms with van der Waals surface area (Å²) in [5.74, 6) is -0.422. The molecule has 3 aliphatic rings. The van der Waals surface area contributed by atoms with Crippen molar-refractivity contribution in [3.63, 3.8) is 0 Å². The van der Waals surface area contributed by atoms with E-state index in [2.05, 4.69) is 14.8 Å². The summed E-state index contributed by atoms with van der Waals surface area (Å²) in [5, 5.41) is 10.2. The van der Waals surface area contributed by atoms with E-state index in [1.165, 1.54) is 19.2 Å². The molecule has 2 aliphatic heterocycles. The highest BCUT2D eigenvalue weighted by Gasteiger charge is 2.43. The van der Waals surface area contributed by atoms with Crippen LogP contribution in [-0.4, -0.2) is 53.3 Å². The van der Waals surface area contributed by atoms with Gasteiger partial charge in [0, 0.05) is 31.9 Å². The van der Waals surface area contributed by atoms with Crippen LogP contribution < -0.4 is 4.90 Å². The summed E-state index contributed by atoms with van der Waals surface area (Å²) in [6, 6.07) is 2.34. The van der Waals surface area contributed by atoms with E-state index in [1.807, 2.05) is 0 Å². The molecule has 1 saturated carbocycles. The van der Waals surface area contributed by atoms with E-state index in [4.69, 9.17) is 11.6 Å². The molecule has 3 fully saturated rings. The van der Waals surface area contributed by atoms with Gasteiger partial charge in [0.05, 0.1) is 16.8 Å². The predicted octanol–water partition coefficient (Wildman–Crippen LogP) is 3.47. The number of halogens is 2. The molecule has 0 unspecified atom stereocenters. The lowest BCUT2D eigenvalue weighted by Gasteiger charge is -2.41. The van der Waals surface area contributed by atoms with Crippen molar-refractivity contribution in [2.75, 3.05) is 31.1 Å². The molecule has 1 N–H and O–H groups in total. The van der Waals surface area contributed by atoms with Gasteiger partial charge in [0.25, 0.3) is 0 Å². The average Bonchev–Trinajstić information content (AvgIpc) is 3.02. The lowest BCUT2D eigenvalue weighted by molar-refractivity contribution is 0.0762. The van der Waals surface area contributed by atoms with Crippen LogP contribution in [0.5, 0.6) is 0 Å². The zero-order valence-electron chi connectivity index (χ0n) is 14.6. The maximum Gasteiger partial charge on any atom is 0.236 e. The minimum atomic E-state index is -0.422. The van der Waals surface area contributed by atoms with Crippen LogP contribution >= 0.6 is 11.6 Å². The molecule has 4 rings (SSSR count). The Morgan fingerprint density at radius 2 is 1.80 bits per heavy atom. The van der Waals surface area contributed by atoms with Gasteiger partial charge in [-0.15, -0.1) is 0 Å². The fraction of sp³-hybridized carbons (Fsp3) is 0.737. The first-order valence-corrected chi connectivity index (χ1v) is 9.91. The van der Waals surface area contributed by atoms with E-state index < -0.39 is 5.95 Å². The number of hydrogen-bond acceptors (Lipinski definition) is 4. The number of piperidine rings is 1. The summed E-state index contributed by atoms with van der Waals surface area (Å²) in [4.78, 5) is 8.51. The second-order valence-corrected chi connectivity index (χ2v) is 8.57. The molecule has 1 aliphatic carbocycles. The van der Waals surface area contributed by atoms with Crippen LogP contribution in [0.3, 0.4) is 0 Å². The van der Waals surface area contributed by atoms with Gasteiger partial charge in [-0.1, -0.05) is 11.6 Å². The first kappa shape index (κ1) is 17.5. The summed E-state index contributed by atoms with van der Waals surface area (Å²) < 4.78 is 14.0. The van der Waals surface area contributed by atoms with Gasteiger partial charge in [0.2, 0.25) is 5.95 Å². The first-order valence-electron chi connectivity index (χ1n) is 9.53. The SMILES string of the molecule is OC1CCC(N2CCC3(CCN(c4cc(Cl)cnc4F)CC3)C2)CC1. The third kappa shape index (κ3) is 3.64. The van der Waals surface area contributed by atoms with E-state index in [9.17, 15) is 9.50 Å². The van der Waals surface area contributed by atoms with Crippen molar-refractivity contribution in [3.05, 3.63) is 23.2 Å². The maximum absolute atomic E-state index is 14.0. The molecular formula is C19H27ClFN3O. The summed E-state index contributed by atoms with van der Waals surface area (Å²) in [6.07, 6.45) is 8.88. The summed E-state index contributed by atoms with van der Waals surface area (Å²) in [6.45, 7) is 4.08. The normalized spacial score (nSPS) is 30.1. The van der Waals surface area contributed by atoms with E-state index in [0.717, 1.165) is 58.2 Å². The van der Waals surface area contributed by atoms with Crippen molar-refractivity contribution >= 4 is 17.3 Å². The van der Waals surface area contributed by atoms with Gasteiger partial charge in [-0.05, 0) is 63.0 Å². The van der Waals surface area contributed by atoms with Crippen LogP contribution in [0.15, 0.2) is 12.3 Å². The molecule has 0 bridgehead atoms. The number of rotatable bonds is 2. The fourth-order valence-electron chi connectivity index (χ4n) is 4.97. The predicted molar refractivity (Wildman–Crippen MR) is 97.5 cm³/mol. The zero-order chi connectivity index (χ0) is 17.4. The van der Waals surface area contributed by atoms with Crippen molar-refractivity contribution in [1.29, 1.82) is 0 Å². The molecule has 0 atom stereocenters. The van der Waals surface area contributed by atoms with Crippen LogP contribution in [0, 0.1) is 11.4 Å². The molecule has 0 aromatic carbocycles. The molecule has 2 saturated heterocycles. The van der Waals surface area contributed by atoms with Crippen LogP contribution in [0.1, 0.15) is 44.9 Å². The van der Waals surface area contributed by atoms with E-state index in [-0.39, 0.29) is 6.10 Å². The molecule has 1 aromatic heterocycles. The molecule has 4 nitrogen and oxygen atoms in total. The van der Waals surface area contributed by atoms with Gasteiger partial charge in [-0.3, -0.25) is 4.90 Å². The van der Waals surface area contributed by atoms with Crippen molar-refractivity contribution in [2.24, 2.45) is 5.41 Å². The summed E-state index contributed by atoms with van der Waals surface area (Å²) >= 11 is 5.99. The number of aromatic nitrogens is 1. The molecular weight excluding hydrogens is 341 g/mol. The van der Waals surface area contributed by atoms with E-state index in [1.54, 1.807) is 6.07 Å². The second kappa shape index (κ2) is 7.01. The topological polar surface area (TPSA) is 39.6 Å².